The van der Waals surface area contributed by atoms with E-state index < -0.39 is 6.10 Å². The maximum absolute atomic E-state index is 12.8. The SMILES string of the molecule is Cc1ccc2c(c1)N(CC(=O)NC[C@H]1CCCO1)C(=O)[C@@H](C(C)C)O2. The Labute approximate surface area is 148 Å². The molecule has 2 amide bonds. The summed E-state index contributed by atoms with van der Waals surface area (Å²) in [6, 6.07) is 5.70. The van der Waals surface area contributed by atoms with E-state index in [1.165, 1.54) is 0 Å². The van der Waals surface area contributed by atoms with Gasteiger partial charge in [-0.2, -0.15) is 0 Å². The zero-order valence-corrected chi connectivity index (χ0v) is 15.1. The van der Waals surface area contributed by atoms with Gasteiger partial charge in [-0.1, -0.05) is 19.9 Å². The molecule has 6 nitrogen and oxygen atoms in total. The second-order valence-electron chi connectivity index (χ2n) is 7.12. The zero-order chi connectivity index (χ0) is 18.0. The maximum Gasteiger partial charge on any atom is 0.268 e. The van der Waals surface area contributed by atoms with Crippen molar-refractivity contribution in [2.24, 2.45) is 5.92 Å². The lowest BCUT2D eigenvalue weighted by Gasteiger charge is -2.35. The number of hydrogen-bond acceptors (Lipinski definition) is 4. The van der Waals surface area contributed by atoms with Crippen LogP contribution in [0.25, 0.3) is 0 Å². The number of fused-ring (bicyclic) bond motifs is 1. The van der Waals surface area contributed by atoms with Gasteiger partial charge in [-0.05, 0) is 43.4 Å². The van der Waals surface area contributed by atoms with E-state index in [9.17, 15) is 9.59 Å². The van der Waals surface area contributed by atoms with Crippen molar-refractivity contribution in [1.82, 2.24) is 5.32 Å². The minimum atomic E-state index is -0.568. The third kappa shape index (κ3) is 3.95. The molecule has 2 heterocycles. The quantitative estimate of drug-likeness (QED) is 0.886. The summed E-state index contributed by atoms with van der Waals surface area (Å²) in [4.78, 5) is 26.8. The van der Waals surface area contributed by atoms with Crippen LogP contribution in [-0.2, 0) is 14.3 Å². The molecule has 0 aliphatic carbocycles. The fourth-order valence-electron chi connectivity index (χ4n) is 3.21. The van der Waals surface area contributed by atoms with Crippen LogP contribution in [-0.4, -0.2) is 43.7 Å². The van der Waals surface area contributed by atoms with Gasteiger partial charge in [0.1, 0.15) is 12.3 Å². The highest BCUT2D eigenvalue weighted by atomic mass is 16.5. The number of nitrogens with zero attached hydrogens (tertiary/aromatic N) is 1. The average molecular weight is 346 g/mol. The number of aryl methyl sites for hydroxylation is 1. The molecule has 2 aliphatic heterocycles. The molecule has 1 aromatic carbocycles. The highest BCUT2D eigenvalue weighted by molar-refractivity contribution is 6.04. The molecule has 1 fully saturated rings. The Hall–Kier alpha value is -2.08. The lowest BCUT2D eigenvalue weighted by atomic mass is 10.0. The monoisotopic (exact) mass is 346 g/mol. The summed E-state index contributed by atoms with van der Waals surface area (Å²) < 4.78 is 11.4. The Kier molecular flexibility index (Phi) is 5.27. The van der Waals surface area contributed by atoms with Gasteiger partial charge >= 0.3 is 0 Å². The van der Waals surface area contributed by atoms with Crippen molar-refractivity contribution in [2.75, 3.05) is 24.6 Å². The van der Waals surface area contributed by atoms with Gasteiger partial charge in [0, 0.05) is 13.2 Å². The molecule has 0 aromatic heterocycles. The van der Waals surface area contributed by atoms with E-state index in [1.807, 2.05) is 39.0 Å². The molecule has 0 saturated carbocycles. The Bertz CT molecular complexity index is 653. The molecule has 0 radical (unpaired) electrons. The van der Waals surface area contributed by atoms with E-state index >= 15 is 0 Å². The molecule has 2 atom stereocenters. The largest absolute Gasteiger partial charge is 0.478 e. The minimum absolute atomic E-state index is 0.00537. The summed E-state index contributed by atoms with van der Waals surface area (Å²) in [5.41, 5.74) is 1.68. The molecule has 0 bridgehead atoms. The summed E-state index contributed by atoms with van der Waals surface area (Å²) >= 11 is 0. The van der Waals surface area contributed by atoms with E-state index in [0.717, 1.165) is 25.0 Å². The highest BCUT2D eigenvalue weighted by Gasteiger charge is 2.37. The summed E-state index contributed by atoms with van der Waals surface area (Å²) in [5.74, 6) is 0.330. The number of amides is 2. The van der Waals surface area contributed by atoms with Crippen LogP contribution >= 0.6 is 0 Å². The maximum atomic E-state index is 12.8. The zero-order valence-electron chi connectivity index (χ0n) is 15.1. The number of hydrogen-bond donors (Lipinski definition) is 1. The number of carbonyl (C=O) groups is 2. The fourth-order valence-corrected chi connectivity index (χ4v) is 3.21. The molecule has 6 heteroatoms. The van der Waals surface area contributed by atoms with Crippen molar-refractivity contribution in [3.63, 3.8) is 0 Å². The molecule has 25 heavy (non-hydrogen) atoms. The predicted octanol–water partition coefficient (Wildman–Crippen LogP) is 2.04. The number of anilines is 1. The van der Waals surface area contributed by atoms with Crippen molar-refractivity contribution in [3.05, 3.63) is 23.8 Å². The van der Waals surface area contributed by atoms with Gasteiger partial charge in [0.15, 0.2) is 6.10 Å². The third-order valence-electron chi connectivity index (χ3n) is 4.63. The average Bonchev–Trinajstić information content (AvgIpc) is 3.09. The molecular formula is C19H26N2O4. The molecule has 0 unspecified atom stereocenters. The topological polar surface area (TPSA) is 67.9 Å². The van der Waals surface area contributed by atoms with Gasteiger partial charge in [-0.25, -0.2) is 0 Å². The second kappa shape index (κ2) is 7.44. The first kappa shape index (κ1) is 17.7. The van der Waals surface area contributed by atoms with Crippen molar-refractivity contribution in [2.45, 2.75) is 45.8 Å². The fraction of sp³-hybridized carbons (Fsp3) is 0.579. The van der Waals surface area contributed by atoms with E-state index in [4.69, 9.17) is 9.47 Å². The smallest absolute Gasteiger partial charge is 0.268 e. The molecule has 0 spiro atoms. The number of rotatable bonds is 5. The number of nitrogens with one attached hydrogen (secondary N) is 1. The summed E-state index contributed by atoms with van der Waals surface area (Å²) in [6.45, 7) is 7.08. The number of carbonyl (C=O) groups excluding carboxylic acids is 2. The van der Waals surface area contributed by atoms with Crippen LogP contribution in [0.5, 0.6) is 5.75 Å². The highest BCUT2D eigenvalue weighted by Crippen LogP contribution is 2.36. The van der Waals surface area contributed by atoms with E-state index in [1.54, 1.807) is 4.90 Å². The van der Waals surface area contributed by atoms with Crippen LogP contribution in [0.1, 0.15) is 32.3 Å². The lowest BCUT2D eigenvalue weighted by molar-refractivity contribution is -0.130. The van der Waals surface area contributed by atoms with Gasteiger partial charge in [-0.3, -0.25) is 14.5 Å². The lowest BCUT2D eigenvalue weighted by Crippen LogP contribution is -2.52. The Balaban J connectivity index is 1.74. The van der Waals surface area contributed by atoms with Crippen molar-refractivity contribution >= 4 is 17.5 Å². The summed E-state index contributed by atoms with van der Waals surface area (Å²) in [7, 11) is 0. The third-order valence-corrected chi connectivity index (χ3v) is 4.63. The molecule has 2 aliphatic rings. The van der Waals surface area contributed by atoms with Gasteiger partial charge in [0.05, 0.1) is 11.8 Å². The van der Waals surface area contributed by atoms with Crippen molar-refractivity contribution in [3.8, 4) is 5.75 Å². The number of benzene rings is 1. The van der Waals surface area contributed by atoms with Crippen molar-refractivity contribution in [1.29, 1.82) is 0 Å². The first-order valence-corrected chi connectivity index (χ1v) is 8.92. The minimum Gasteiger partial charge on any atom is -0.478 e. The van der Waals surface area contributed by atoms with Crippen LogP contribution in [0.4, 0.5) is 5.69 Å². The van der Waals surface area contributed by atoms with Gasteiger partial charge in [0.25, 0.3) is 5.91 Å². The Morgan fingerprint density at radius 2 is 2.20 bits per heavy atom. The molecule has 3 rings (SSSR count). The predicted molar refractivity (Wildman–Crippen MR) is 94.8 cm³/mol. The van der Waals surface area contributed by atoms with Crippen LogP contribution in [0.3, 0.4) is 0 Å². The van der Waals surface area contributed by atoms with E-state index in [2.05, 4.69) is 5.32 Å². The summed E-state index contributed by atoms with van der Waals surface area (Å²) in [5, 5.41) is 2.88. The Morgan fingerprint density at radius 1 is 1.40 bits per heavy atom. The Morgan fingerprint density at radius 3 is 2.88 bits per heavy atom. The normalized spacial score (nSPS) is 22.7. The van der Waals surface area contributed by atoms with Gasteiger partial charge in [-0.15, -0.1) is 0 Å². The molecule has 1 aromatic rings. The molecular weight excluding hydrogens is 320 g/mol. The number of ether oxygens (including phenoxy) is 2. The van der Waals surface area contributed by atoms with Gasteiger partial charge in [0.2, 0.25) is 5.91 Å². The van der Waals surface area contributed by atoms with E-state index in [-0.39, 0.29) is 30.4 Å². The molecule has 136 valence electrons. The van der Waals surface area contributed by atoms with E-state index in [0.29, 0.717) is 18.0 Å². The first-order valence-electron chi connectivity index (χ1n) is 8.92. The molecule has 1 saturated heterocycles. The first-order chi connectivity index (χ1) is 12.0. The van der Waals surface area contributed by atoms with Crippen molar-refractivity contribution < 1.29 is 19.1 Å². The van der Waals surface area contributed by atoms with Crippen LogP contribution in [0, 0.1) is 12.8 Å². The second-order valence-corrected chi connectivity index (χ2v) is 7.12. The van der Waals surface area contributed by atoms with Gasteiger partial charge < -0.3 is 14.8 Å². The summed E-state index contributed by atoms with van der Waals surface area (Å²) in [6.07, 6.45) is 1.52. The standard InChI is InChI=1S/C19H26N2O4/c1-12(2)18-19(23)21(15-9-13(3)6-7-16(15)25-18)11-17(22)20-10-14-5-4-8-24-14/h6-7,9,12,14,18H,4-5,8,10-11H2,1-3H3,(H,20,22)/t14-,18-/m1/s1. The van der Waals surface area contributed by atoms with Crippen LogP contribution < -0.4 is 15.0 Å². The van der Waals surface area contributed by atoms with Crippen LogP contribution in [0.15, 0.2) is 18.2 Å². The molecule has 1 N–H and O–H groups in total. The van der Waals surface area contributed by atoms with Crippen LogP contribution in [0.2, 0.25) is 0 Å².